The van der Waals surface area contributed by atoms with Gasteiger partial charge in [0.25, 0.3) is 0 Å². The largest absolute Gasteiger partial charge is 0.457 e. The molecule has 5 heteroatoms. The van der Waals surface area contributed by atoms with E-state index in [1.807, 2.05) is 13.8 Å². The van der Waals surface area contributed by atoms with Crippen LogP contribution in [0.4, 0.5) is 0 Å². The molecule has 1 heterocycles. The molecule has 1 aromatic heterocycles. The smallest absolute Gasteiger partial charge is 0.246 e. The molecule has 0 aliphatic heterocycles. The van der Waals surface area contributed by atoms with Gasteiger partial charge in [0.2, 0.25) is 5.91 Å². The predicted octanol–water partition coefficient (Wildman–Crippen LogP) is 5.14. The summed E-state index contributed by atoms with van der Waals surface area (Å²) < 4.78 is 5.70. The monoisotopic (exact) mass is 337 g/mol. The van der Waals surface area contributed by atoms with Gasteiger partial charge >= 0.3 is 0 Å². The van der Waals surface area contributed by atoms with E-state index in [2.05, 4.69) is 0 Å². The van der Waals surface area contributed by atoms with Crippen LogP contribution >= 0.6 is 23.2 Å². The van der Waals surface area contributed by atoms with Gasteiger partial charge in [0.15, 0.2) is 0 Å². The molecule has 0 aliphatic carbocycles. The lowest BCUT2D eigenvalue weighted by atomic mass is 10.2. The SMILES string of the molecule is CCN(CC)C(=O)/C=C\c1ccc(-c2cc(Cl)ccc2Cl)o1. The van der Waals surface area contributed by atoms with Crippen LogP contribution in [0.2, 0.25) is 10.0 Å². The zero-order valence-electron chi connectivity index (χ0n) is 12.5. The molecule has 2 rings (SSSR count). The molecule has 0 aliphatic rings. The quantitative estimate of drug-likeness (QED) is 0.708. The minimum Gasteiger partial charge on any atom is -0.457 e. The molecular weight excluding hydrogens is 321 g/mol. The van der Waals surface area contributed by atoms with Gasteiger partial charge in [-0.05, 0) is 50.3 Å². The van der Waals surface area contributed by atoms with E-state index in [1.165, 1.54) is 6.08 Å². The number of rotatable bonds is 5. The molecule has 0 unspecified atom stereocenters. The van der Waals surface area contributed by atoms with Gasteiger partial charge in [-0.2, -0.15) is 0 Å². The average Bonchev–Trinajstić information content (AvgIpc) is 2.97. The third-order valence-corrected chi connectivity index (χ3v) is 3.85. The third-order valence-electron chi connectivity index (χ3n) is 3.29. The first-order valence-corrected chi connectivity index (χ1v) is 7.83. The first-order chi connectivity index (χ1) is 10.5. The number of amides is 1. The lowest BCUT2D eigenvalue weighted by Gasteiger charge is -2.15. The van der Waals surface area contributed by atoms with Crippen molar-refractivity contribution in [1.29, 1.82) is 0 Å². The Morgan fingerprint density at radius 2 is 1.91 bits per heavy atom. The van der Waals surface area contributed by atoms with Crippen LogP contribution in [-0.4, -0.2) is 23.9 Å². The van der Waals surface area contributed by atoms with Crippen LogP contribution in [0, 0.1) is 0 Å². The average molecular weight is 338 g/mol. The predicted molar refractivity (Wildman–Crippen MR) is 91.1 cm³/mol. The molecule has 0 spiro atoms. The summed E-state index contributed by atoms with van der Waals surface area (Å²) in [5, 5.41) is 1.15. The van der Waals surface area contributed by atoms with Gasteiger partial charge in [0, 0.05) is 29.8 Å². The van der Waals surface area contributed by atoms with Crippen LogP contribution in [0.1, 0.15) is 19.6 Å². The van der Waals surface area contributed by atoms with E-state index in [0.29, 0.717) is 34.7 Å². The molecular formula is C17H17Cl2NO2. The minimum absolute atomic E-state index is 0.0382. The Morgan fingerprint density at radius 3 is 2.59 bits per heavy atom. The molecule has 0 N–H and O–H groups in total. The Balaban J connectivity index is 2.18. The molecule has 116 valence electrons. The zero-order chi connectivity index (χ0) is 16.1. The maximum atomic E-state index is 11.9. The van der Waals surface area contributed by atoms with E-state index in [4.69, 9.17) is 27.6 Å². The van der Waals surface area contributed by atoms with Crippen LogP contribution in [0.5, 0.6) is 0 Å². The van der Waals surface area contributed by atoms with Crippen LogP contribution in [0.15, 0.2) is 40.8 Å². The van der Waals surface area contributed by atoms with E-state index < -0.39 is 0 Å². The van der Waals surface area contributed by atoms with Crippen LogP contribution in [-0.2, 0) is 4.79 Å². The maximum Gasteiger partial charge on any atom is 0.246 e. The van der Waals surface area contributed by atoms with Gasteiger partial charge in [0.1, 0.15) is 11.5 Å². The van der Waals surface area contributed by atoms with Crippen LogP contribution in [0.3, 0.4) is 0 Å². The highest BCUT2D eigenvalue weighted by molar-refractivity contribution is 6.35. The fraction of sp³-hybridized carbons (Fsp3) is 0.235. The van der Waals surface area contributed by atoms with Gasteiger partial charge in [-0.25, -0.2) is 0 Å². The second-order valence-electron chi connectivity index (χ2n) is 4.67. The van der Waals surface area contributed by atoms with Gasteiger partial charge in [-0.1, -0.05) is 23.2 Å². The van der Waals surface area contributed by atoms with Crippen molar-refractivity contribution in [3.8, 4) is 11.3 Å². The van der Waals surface area contributed by atoms with Crippen molar-refractivity contribution < 1.29 is 9.21 Å². The summed E-state index contributed by atoms with van der Waals surface area (Å²) in [6.07, 6.45) is 3.16. The molecule has 0 atom stereocenters. The summed E-state index contributed by atoms with van der Waals surface area (Å²) in [5.74, 6) is 1.16. The molecule has 0 radical (unpaired) electrons. The molecule has 22 heavy (non-hydrogen) atoms. The van der Waals surface area contributed by atoms with E-state index >= 15 is 0 Å². The highest BCUT2D eigenvalue weighted by atomic mass is 35.5. The minimum atomic E-state index is -0.0382. The van der Waals surface area contributed by atoms with Gasteiger partial charge in [-0.15, -0.1) is 0 Å². The Bertz CT molecular complexity index is 688. The molecule has 1 aromatic carbocycles. The molecule has 0 bridgehead atoms. The van der Waals surface area contributed by atoms with Gasteiger partial charge in [0.05, 0.1) is 5.02 Å². The standard InChI is InChI=1S/C17H17Cl2NO2/c1-3-20(4-2)17(21)10-7-13-6-9-16(22-13)14-11-12(18)5-8-15(14)19/h5-11H,3-4H2,1-2H3/b10-7-. The first kappa shape index (κ1) is 16.7. The Labute approximate surface area is 140 Å². The lowest BCUT2D eigenvalue weighted by molar-refractivity contribution is -0.125. The Morgan fingerprint density at radius 1 is 1.18 bits per heavy atom. The number of carbonyl (C=O) groups excluding carboxylic acids is 1. The molecule has 0 saturated heterocycles. The highest BCUT2D eigenvalue weighted by Gasteiger charge is 2.09. The van der Waals surface area contributed by atoms with Gasteiger partial charge in [-0.3, -0.25) is 4.79 Å². The van der Waals surface area contributed by atoms with Crippen molar-refractivity contribution in [2.24, 2.45) is 0 Å². The summed E-state index contributed by atoms with van der Waals surface area (Å²) in [6.45, 7) is 5.26. The number of nitrogens with zero attached hydrogens (tertiary/aromatic N) is 1. The number of likely N-dealkylation sites (N-methyl/N-ethyl adjacent to an activating group) is 1. The summed E-state index contributed by atoms with van der Waals surface area (Å²) in [4.78, 5) is 13.6. The van der Waals surface area contributed by atoms with Gasteiger partial charge < -0.3 is 9.32 Å². The van der Waals surface area contributed by atoms with Crippen molar-refractivity contribution >= 4 is 35.2 Å². The molecule has 1 amide bonds. The Kier molecular flexibility index (Phi) is 5.69. The van der Waals surface area contributed by atoms with E-state index in [-0.39, 0.29) is 5.91 Å². The summed E-state index contributed by atoms with van der Waals surface area (Å²) in [7, 11) is 0. The van der Waals surface area contributed by atoms with Crippen molar-refractivity contribution in [2.75, 3.05) is 13.1 Å². The normalized spacial score (nSPS) is 11.1. The van der Waals surface area contributed by atoms with Crippen molar-refractivity contribution in [3.05, 3.63) is 52.2 Å². The van der Waals surface area contributed by atoms with Crippen LogP contribution < -0.4 is 0 Å². The van der Waals surface area contributed by atoms with E-state index in [1.54, 1.807) is 41.3 Å². The molecule has 0 fully saturated rings. The second kappa shape index (κ2) is 7.52. The number of furan rings is 1. The summed E-state index contributed by atoms with van der Waals surface area (Å²) in [5.41, 5.74) is 0.726. The number of hydrogen-bond acceptors (Lipinski definition) is 2. The summed E-state index contributed by atoms with van der Waals surface area (Å²) >= 11 is 12.1. The van der Waals surface area contributed by atoms with Crippen molar-refractivity contribution in [1.82, 2.24) is 4.90 Å². The third kappa shape index (κ3) is 3.93. The topological polar surface area (TPSA) is 33.5 Å². The molecule has 2 aromatic rings. The fourth-order valence-electron chi connectivity index (χ4n) is 2.07. The van der Waals surface area contributed by atoms with Crippen molar-refractivity contribution in [2.45, 2.75) is 13.8 Å². The fourth-order valence-corrected chi connectivity index (χ4v) is 2.45. The Hall–Kier alpha value is -1.71. The highest BCUT2D eigenvalue weighted by Crippen LogP contribution is 2.32. The number of benzene rings is 1. The van der Waals surface area contributed by atoms with E-state index in [9.17, 15) is 4.79 Å². The summed E-state index contributed by atoms with van der Waals surface area (Å²) in [6, 6.07) is 8.79. The number of halogens is 2. The molecule has 0 saturated carbocycles. The lowest BCUT2D eigenvalue weighted by Crippen LogP contribution is -2.28. The zero-order valence-corrected chi connectivity index (χ0v) is 14.0. The number of hydrogen-bond donors (Lipinski definition) is 0. The van der Waals surface area contributed by atoms with E-state index in [0.717, 1.165) is 5.56 Å². The van der Waals surface area contributed by atoms with Crippen molar-refractivity contribution in [3.63, 3.8) is 0 Å². The number of carbonyl (C=O) groups is 1. The maximum absolute atomic E-state index is 11.9. The first-order valence-electron chi connectivity index (χ1n) is 7.07. The second-order valence-corrected chi connectivity index (χ2v) is 5.51. The molecule has 3 nitrogen and oxygen atoms in total. The van der Waals surface area contributed by atoms with Crippen LogP contribution in [0.25, 0.3) is 17.4 Å².